The molecule has 83 heavy (non-hydrogen) atoms. The molecule has 0 aromatic carbocycles. The smallest absolute Gasteiger partial charge is 0.306 e. The van der Waals surface area contributed by atoms with Crippen LogP contribution < -0.4 is 0 Å². The molecule has 0 N–H and O–H groups in total. The highest BCUT2D eigenvalue weighted by molar-refractivity contribution is 5.71. The fourth-order valence-electron chi connectivity index (χ4n) is 9.30. The zero-order valence-corrected chi connectivity index (χ0v) is 53.9. The van der Waals surface area contributed by atoms with Crippen LogP contribution in [0.2, 0.25) is 0 Å². The van der Waals surface area contributed by atoms with Gasteiger partial charge in [0.1, 0.15) is 13.2 Å². The molecule has 0 fully saturated rings. The van der Waals surface area contributed by atoms with Crippen LogP contribution in [0.3, 0.4) is 0 Å². The minimum absolute atomic E-state index is 0.102. The van der Waals surface area contributed by atoms with Gasteiger partial charge in [0.15, 0.2) is 6.10 Å². The van der Waals surface area contributed by atoms with E-state index in [0.29, 0.717) is 19.3 Å². The molecular formula is C77H126O6. The first-order valence-corrected chi connectivity index (χ1v) is 34.3. The van der Waals surface area contributed by atoms with Crippen molar-refractivity contribution in [1.82, 2.24) is 0 Å². The number of carbonyl (C=O) groups excluding carboxylic acids is 3. The zero-order valence-electron chi connectivity index (χ0n) is 53.9. The third kappa shape index (κ3) is 68.0. The molecule has 6 heteroatoms. The predicted molar refractivity (Wildman–Crippen MR) is 362 cm³/mol. The molecule has 0 aliphatic rings. The molecule has 0 aliphatic carbocycles. The number of unbranched alkanes of at least 4 members (excludes halogenated alkanes) is 26. The molecule has 0 radical (unpaired) electrons. The van der Waals surface area contributed by atoms with Gasteiger partial charge in [-0.05, 0) is 135 Å². The summed E-state index contributed by atoms with van der Waals surface area (Å²) in [7, 11) is 0. The van der Waals surface area contributed by atoms with Crippen molar-refractivity contribution in [3.63, 3.8) is 0 Å². The quantitative estimate of drug-likeness (QED) is 0.0261. The molecule has 1 atom stereocenters. The molecule has 0 aliphatic heterocycles. The molecule has 0 bridgehead atoms. The van der Waals surface area contributed by atoms with E-state index in [9.17, 15) is 14.4 Å². The van der Waals surface area contributed by atoms with Crippen LogP contribution in [0.25, 0.3) is 0 Å². The average Bonchev–Trinajstić information content (AvgIpc) is 3.49. The van der Waals surface area contributed by atoms with E-state index in [0.717, 1.165) is 148 Å². The Labute approximate surface area is 512 Å². The third-order valence-corrected chi connectivity index (χ3v) is 14.3. The lowest BCUT2D eigenvalue weighted by molar-refractivity contribution is -0.167. The molecule has 0 aromatic rings. The van der Waals surface area contributed by atoms with Crippen molar-refractivity contribution in [1.29, 1.82) is 0 Å². The Kier molecular flexibility index (Phi) is 65.8. The fourth-order valence-corrected chi connectivity index (χ4v) is 9.30. The summed E-state index contributed by atoms with van der Waals surface area (Å²) >= 11 is 0. The number of esters is 3. The maximum absolute atomic E-state index is 12.9. The first-order chi connectivity index (χ1) is 41.0. The second-order valence-corrected chi connectivity index (χ2v) is 22.3. The van der Waals surface area contributed by atoms with Crippen molar-refractivity contribution in [3.05, 3.63) is 146 Å². The van der Waals surface area contributed by atoms with E-state index in [-0.39, 0.29) is 37.5 Å². The summed E-state index contributed by atoms with van der Waals surface area (Å²) in [6.07, 6.45) is 100. The van der Waals surface area contributed by atoms with E-state index in [1.54, 1.807) is 0 Å². The lowest BCUT2D eigenvalue weighted by Gasteiger charge is -2.18. The Morgan fingerprint density at radius 2 is 0.434 bits per heavy atom. The minimum Gasteiger partial charge on any atom is -0.462 e. The molecule has 0 spiro atoms. The Morgan fingerprint density at radius 1 is 0.241 bits per heavy atom. The van der Waals surface area contributed by atoms with E-state index in [1.807, 2.05) is 0 Å². The van der Waals surface area contributed by atoms with Crippen LogP contribution in [-0.4, -0.2) is 37.2 Å². The van der Waals surface area contributed by atoms with Crippen LogP contribution in [0.4, 0.5) is 0 Å². The first kappa shape index (κ1) is 78.3. The SMILES string of the molecule is CC/C=C\C/C=C\C/C=C\C/C=C\C/C=C\CCCCCCCCCCCCCCCCCCCCCC(=O)OCC(COC(=O)CCCCCCC/C=C\C/C=C\C/C=C\CC)OC(=O)CCCC/C=C\C/C=C\C/C=C\C/C=C\CC. The minimum atomic E-state index is -0.811. The van der Waals surface area contributed by atoms with E-state index in [1.165, 1.54) is 109 Å². The van der Waals surface area contributed by atoms with Crippen molar-refractivity contribution in [3.8, 4) is 0 Å². The van der Waals surface area contributed by atoms with E-state index in [2.05, 4.69) is 167 Å². The van der Waals surface area contributed by atoms with Gasteiger partial charge >= 0.3 is 17.9 Å². The van der Waals surface area contributed by atoms with E-state index >= 15 is 0 Å². The van der Waals surface area contributed by atoms with E-state index in [4.69, 9.17) is 14.2 Å². The van der Waals surface area contributed by atoms with Gasteiger partial charge in [0.05, 0.1) is 0 Å². The molecule has 6 nitrogen and oxygen atoms in total. The normalized spacial score (nSPS) is 13.0. The Bertz CT molecular complexity index is 1800. The van der Waals surface area contributed by atoms with Gasteiger partial charge in [-0.15, -0.1) is 0 Å². The van der Waals surface area contributed by atoms with E-state index < -0.39 is 6.10 Å². The topological polar surface area (TPSA) is 78.9 Å². The van der Waals surface area contributed by atoms with Crippen molar-refractivity contribution >= 4 is 17.9 Å². The van der Waals surface area contributed by atoms with Crippen LogP contribution in [0, 0.1) is 0 Å². The predicted octanol–water partition coefficient (Wildman–Crippen LogP) is 23.9. The van der Waals surface area contributed by atoms with Gasteiger partial charge in [-0.3, -0.25) is 14.4 Å². The van der Waals surface area contributed by atoms with Gasteiger partial charge in [-0.1, -0.05) is 295 Å². The molecule has 0 saturated heterocycles. The number of ether oxygens (including phenoxy) is 3. The lowest BCUT2D eigenvalue weighted by Crippen LogP contribution is -2.30. The van der Waals surface area contributed by atoms with Gasteiger partial charge < -0.3 is 14.2 Å². The Hall–Kier alpha value is -4.71. The lowest BCUT2D eigenvalue weighted by atomic mass is 10.0. The summed E-state index contributed by atoms with van der Waals surface area (Å²) in [4.78, 5) is 38.3. The molecule has 470 valence electrons. The Balaban J connectivity index is 4.20. The van der Waals surface area contributed by atoms with Gasteiger partial charge in [0.2, 0.25) is 0 Å². The van der Waals surface area contributed by atoms with Gasteiger partial charge in [0, 0.05) is 19.3 Å². The Morgan fingerprint density at radius 3 is 0.699 bits per heavy atom. The highest BCUT2D eigenvalue weighted by atomic mass is 16.6. The summed E-state index contributed by atoms with van der Waals surface area (Å²) in [5.41, 5.74) is 0. The third-order valence-electron chi connectivity index (χ3n) is 14.3. The summed E-state index contributed by atoms with van der Waals surface area (Å²) in [6, 6.07) is 0. The van der Waals surface area contributed by atoms with Crippen LogP contribution >= 0.6 is 0 Å². The van der Waals surface area contributed by atoms with Gasteiger partial charge in [-0.25, -0.2) is 0 Å². The number of hydrogen-bond donors (Lipinski definition) is 0. The van der Waals surface area contributed by atoms with Crippen LogP contribution in [-0.2, 0) is 28.6 Å². The molecule has 0 rings (SSSR count). The number of carbonyl (C=O) groups is 3. The fraction of sp³-hybridized carbons (Fsp3) is 0.649. The summed E-state index contributed by atoms with van der Waals surface area (Å²) in [6.45, 7) is 6.26. The van der Waals surface area contributed by atoms with Crippen molar-refractivity contribution < 1.29 is 28.6 Å². The monoisotopic (exact) mass is 1150 g/mol. The molecule has 0 saturated carbocycles. The van der Waals surface area contributed by atoms with Crippen LogP contribution in [0.5, 0.6) is 0 Å². The van der Waals surface area contributed by atoms with Crippen LogP contribution in [0.15, 0.2) is 146 Å². The van der Waals surface area contributed by atoms with Gasteiger partial charge in [-0.2, -0.15) is 0 Å². The largest absolute Gasteiger partial charge is 0.462 e. The van der Waals surface area contributed by atoms with Gasteiger partial charge in [0.25, 0.3) is 0 Å². The maximum Gasteiger partial charge on any atom is 0.306 e. The number of allylic oxidation sites excluding steroid dienone is 24. The zero-order chi connectivity index (χ0) is 59.9. The summed E-state index contributed by atoms with van der Waals surface area (Å²) in [5, 5.41) is 0. The highest BCUT2D eigenvalue weighted by Crippen LogP contribution is 2.17. The second-order valence-electron chi connectivity index (χ2n) is 22.3. The summed E-state index contributed by atoms with van der Waals surface area (Å²) in [5.74, 6) is -0.957. The highest BCUT2D eigenvalue weighted by Gasteiger charge is 2.19. The average molecular weight is 1150 g/mol. The number of hydrogen-bond acceptors (Lipinski definition) is 6. The van der Waals surface area contributed by atoms with Crippen molar-refractivity contribution in [2.45, 2.75) is 309 Å². The molecule has 1 unspecified atom stereocenters. The maximum atomic E-state index is 12.9. The number of rotatable bonds is 61. The first-order valence-electron chi connectivity index (χ1n) is 34.3. The van der Waals surface area contributed by atoms with Crippen molar-refractivity contribution in [2.75, 3.05) is 13.2 Å². The summed E-state index contributed by atoms with van der Waals surface area (Å²) < 4.78 is 16.9. The molecule has 0 aromatic heterocycles. The second kappa shape index (κ2) is 69.8. The van der Waals surface area contributed by atoms with Crippen LogP contribution in [0.1, 0.15) is 303 Å². The van der Waals surface area contributed by atoms with Crippen molar-refractivity contribution in [2.24, 2.45) is 0 Å². The molecule has 0 amide bonds. The standard InChI is InChI=1S/C77H126O6/c1-4-7-10-13-16-19-22-25-28-29-30-31-32-33-34-35-36-37-38-39-40-41-42-43-44-45-46-47-50-52-55-58-61-64-67-70-76(79)82-73-74(83-77(80)71-68-65-62-59-56-53-49-27-24-21-18-15-12-9-6-3)72-81-75(78)69-66-63-60-57-54-51-48-26-23-20-17-14-11-8-5-2/h7-12,16-21,25-28,30-31,33-34,48-49,56,59,74H,4-6,13-15,22-24,29,32,35-47,50-55,57-58,60-73H2,1-3H3/b10-7-,11-8-,12-9-,19-16-,20-17-,21-18-,28-25-,31-30-,34-33-,48-26-,49-27-,59-56-. The molecule has 0 heterocycles. The molecular weight excluding hydrogens is 1020 g/mol.